The number of ether oxygens (including phenoxy) is 2. The van der Waals surface area contributed by atoms with Gasteiger partial charge < -0.3 is 15.2 Å². The Morgan fingerprint density at radius 1 is 1.08 bits per heavy atom. The lowest BCUT2D eigenvalue weighted by atomic mass is 9.74. The van der Waals surface area contributed by atoms with Crippen LogP contribution in [0.15, 0.2) is 66.1 Å². The molecule has 0 spiro atoms. The molecule has 0 amide bonds. The lowest BCUT2D eigenvalue weighted by Gasteiger charge is -2.36. The van der Waals surface area contributed by atoms with Crippen molar-refractivity contribution in [2.45, 2.75) is 18.2 Å². The summed E-state index contributed by atoms with van der Waals surface area (Å²) in [5.74, 6) is 0.586. The van der Waals surface area contributed by atoms with Crippen LogP contribution in [0.25, 0.3) is 0 Å². The number of allylic oxidation sites excluding steroid dienone is 1. The number of methoxy groups -OCH3 is 1. The second-order valence-corrected chi connectivity index (χ2v) is 6.40. The minimum Gasteiger partial charge on any atom is -0.496 e. The number of para-hydroxylation sites is 1. The van der Waals surface area contributed by atoms with Crippen molar-refractivity contribution in [3.63, 3.8) is 0 Å². The Hall–Kier alpha value is -3.01. The zero-order valence-electron chi connectivity index (χ0n) is 14.3. The second-order valence-electron chi connectivity index (χ2n) is 6.40. The predicted octanol–water partition coefficient (Wildman–Crippen LogP) is 2.29. The highest BCUT2D eigenvalue weighted by molar-refractivity contribution is 5.48. The minimum atomic E-state index is -0.341. The quantitative estimate of drug-likeness (QED) is 0.788. The number of hydrogen-bond donors (Lipinski definition) is 3. The number of nitrogens with two attached hydrogens (primary N) is 1. The van der Waals surface area contributed by atoms with Crippen molar-refractivity contribution >= 4 is 0 Å². The summed E-state index contributed by atoms with van der Waals surface area (Å²) in [5, 5.41) is 9.78. The Morgan fingerprint density at radius 2 is 1.81 bits per heavy atom. The average Bonchev–Trinajstić information content (AvgIpc) is 3.10. The number of nitriles is 1. The largest absolute Gasteiger partial charge is 0.496 e. The first-order valence-corrected chi connectivity index (χ1v) is 8.50. The molecule has 2 aliphatic heterocycles. The summed E-state index contributed by atoms with van der Waals surface area (Å²) in [5.41, 5.74) is 15.0. The summed E-state index contributed by atoms with van der Waals surface area (Å²) in [6.45, 7) is 0. The molecule has 2 aromatic carbocycles. The van der Waals surface area contributed by atoms with Gasteiger partial charge in [0, 0.05) is 17.4 Å². The number of nitrogens with zero attached hydrogens (tertiary/aromatic N) is 1. The van der Waals surface area contributed by atoms with Gasteiger partial charge >= 0.3 is 0 Å². The highest BCUT2D eigenvalue weighted by Crippen LogP contribution is 2.49. The molecular weight excluding hydrogens is 328 g/mol. The standard InChI is InChI=1S/C20H20N4O2/c1-25-15-10-6-5-9-13(15)16-14(11-21)19(22)26-20-17(16)18(23-24-20)12-7-3-2-4-8-12/h2-10,16-18,20,23-24H,22H2,1H3. The van der Waals surface area contributed by atoms with Gasteiger partial charge in [0.05, 0.1) is 18.7 Å². The van der Waals surface area contributed by atoms with E-state index in [-0.39, 0.29) is 30.0 Å². The zero-order valence-corrected chi connectivity index (χ0v) is 14.3. The van der Waals surface area contributed by atoms with E-state index in [2.05, 4.69) is 29.1 Å². The molecule has 0 saturated carbocycles. The molecule has 2 heterocycles. The van der Waals surface area contributed by atoms with Gasteiger partial charge in [-0.25, -0.2) is 10.9 Å². The SMILES string of the molecule is COc1ccccc1C1C(C#N)=C(N)OC2NNC(c3ccccc3)C21. The van der Waals surface area contributed by atoms with Crippen LogP contribution in [0.3, 0.4) is 0 Å². The molecule has 4 unspecified atom stereocenters. The van der Waals surface area contributed by atoms with Crippen LogP contribution in [0.5, 0.6) is 5.75 Å². The van der Waals surface area contributed by atoms with Crippen LogP contribution in [0.2, 0.25) is 0 Å². The van der Waals surface area contributed by atoms with Crippen molar-refractivity contribution in [1.29, 1.82) is 5.26 Å². The van der Waals surface area contributed by atoms with E-state index in [0.717, 1.165) is 16.9 Å². The van der Waals surface area contributed by atoms with E-state index in [0.29, 0.717) is 5.57 Å². The average molecular weight is 348 g/mol. The van der Waals surface area contributed by atoms with E-state index in [1.54, 1.807) is 7.11 Å². The van der Waals surface area contributed by atoms with Crippen LogP contribution in [0.4, 0.5) is 0 Å². The number of rotatable bonds is 3. The molecule has 1 saturated heterocycles. The molecule has 2 aromatic rings. The third-order valence-electron chi connectivity index (χ3n) is 5.08. The molecule has 1 fully saturated rings. The molecule has 132 valence electrons. The van der Waals surface area contributed by atoms with Crippen molar-refractivity contribution in [3.8, 4) is 11.8 Å². The molecular formula is C20H20N4O2. The van der Waals surface area contributed by atoms with Crippen molar-refractivity contribution < 1.29 is 9.47 Å². The van der Waals surface area contributed by atoms with Gasteiger partial charge in [0.1, 0.15) is 11.8 Å². The van der Waals surface area contributed by atoms with Gasteiger partial charge in [-0.05, 0) is 11.6 Å². The second kappa shape index (κ2) is 6.71. The van der Waals surface area contributed by atoms with Crippen LogP contribution >= 0.6 is 0 Å². The first kappa shape index (κ1) is 16.5. The maximum Gasteiger partial charge on any atom is 0.200 e. The van der Waals surface area contributed by atoms with E-state index in [1.165, 1.54) is 0 Å². The van der Waals surface area contributed by atoms with E-state index in [9.17, 15) is 5.26 Å². The van der Waals surface area contributed by atoms with Crippen LogP contribution < -0.4 is 21.3 Å². The van der Waals surface area contributed by atoms with Crippen LogP contribution in [0.1, 0.15) is 23.1 Å². The first-order chi connectivity index (χ1) is 12.7. The van der Waals surface area contributed by atoms with Gasteiger partial charge in [-0.15, -0.1) is 0 Å². The maximum atomic E-state index is 9.78. The van der Waals surface area contributed by atoms with Crippen LogP contribution in [-0.2, 0) is 4.74 Å². The van der Waals surface area contributed by atoms with Crippen molar-refractivity contribution in [3.05, 3.63) is 77.2 Å². The van der Waals surface area contributed by atoms with Gasteiger partial charge in [-0.1, -0.05) is 48.5 Å². The Balaban J connectivity index is 1.86. The number of benzene rings is 2. The van der Waals surface area contributed by atoms with Gasteiger partial charge in [-0.2, -0.15) is 5.26 Å². The molecule has 4 N–H and O–H groups in total. The fourth-order valence-electron chi connectivity index (χ4n) is 3.94. The van der Waals surface area contributed by atoms with Gasteiger partial charge in [0.25, 0.3) is 0 Å². The Kier molecular flexibility index (Phi) is 4.25. The monoisotopic (exact) mass is 348 g/mol. The first-order valence-electron chi connectivity index (χ1n) is 8.50. The summed E-state index contributed by atoms with van der Waals surface area (Å²) >= 11 is 0. The Morgan fingerprint density at radius 3 is 2.54 bits per heavy atom. The number of nitrogens with one attached hydrogen (secondary N) is 2. The number of hydrogen-bond acceptors (Lipinski definition) is 6. The minimum absolute atomic E-state index is 0.0347. The Labute approximate surface area is 152 Å². The van der Waals surface area contributed by atoms with Crippen molar-refractivity contribution in [2.24, 2.45) is 11.7 Å². The lowest BCUT2D eigenvalue weighted by molar-refractivity contribution is 0.0337. The summed E-state index contributed by atoms with van der Waals surface area (Å²) in [6.07, 6.45) is -0.341. The van der Waals surface area contributed by atoms with Crippen LogP contribution in [0, 0.1) is 17.2 Å². The number of hydrazine groups is 1. The fraction of sp³-hybridized carbons (Fsp3) is 0.250. The summed E-state index contributed by atoms with van der Waals surface area (Å²) in [4.78, 5) is 0. The van der Waals surface area contributed by atoms with Gasteiger partial charge in [0.15, 0.2) is 6.23 Å². The molecule has 4 rings (SSSR count). The molecule has 0 radical (unpaired) electrons. The third kappa shape index (κ3) is 2.58. The van der Waals surface area contributed by atoms with Crippen LogP contribution in [-0.4, -0.2) is 13.3 Å². The van der Waals surface area contributed by atoms with Gasteiger partial charge in [-0.3, -0.25) is 0 Å². The number of fused-ring (bicyclic) bond motifs is 1. The fourth-order valence-corrected chi connectivity index (χ4v) is 3.94. The molecule has 6 nitrogen and oxygen atoms in total. The molecule has 26 heavy (non-hydrogen) atoms. The smallest absolute Gasteiger partial charge is 0.200 e. The maximum absolute atomic E-state index is 9.78. The highest BCUT2D eigenvalue weighted by atomic mass is 16.5. The zero-order chi connectivity index (χ0) is 18.1. The van der Waals surface area contributed by atoms with Crippen molar-refractivity contribution in [2.75, 3.05) is 7.11 Å². The topological polar surface area (TPSA) is 92.3 Å². The van der Waals surface area contributed by atoms with E-state index < -0.39 is 0 Å². The summed E-state index contributed by atoms with van der Waals surface area (Å²) < 4.78 is 11.4. The molecule has 0 bridgehead atoms. The molecule has 2 aliphatic rings. The van der Waals surface area contributed by atoms with E-state index in [1.807, 2.05) is 42.5 Å². The predicted molar refractivity (Wildman–Crippen MR) is 96.4 cm³/mol. The molecule has 0 aliphatic carbocycles. The molecule has 0 aromatic heterocycles. The van der Waals surface area contributed by atoms with Gasteiger partial charge in [0.2, 0.25) is 5.88 Å². The molecule has 6 heteroatoms. The summed E-state index contributed by atoms with van der Waals surface area (Å²) in [6, 6.07) is 20.1. The normalized spacial score (nSPS) is 27.4. The van der Waals surface area contributed by atoms with Crippen molar-refractivity contribution in [1.82, 2.24) is 10.9 Å². The lowest BCUT2D eigenvalue weighted by Crippen LogP contribution is -2.41. The van der Waals surface area contributed by atoms with E-state index >= 15 is 0 Å². The Bertz CT molecular complexity index is 875. The van der Waals surface area contributed by atoms with E-state index in [4.69, 9.17) is 15.2 Å². The molecule has 4 atom stereocenters. The highest BCUT2D eigenvalue weighted by Gasteiger charge is 2.49. The summed E-state index contributed by atoms with van der Waals surface area (Å²) in [7, 11) is 1.63. The third-order valence-corrected chi connectivity index (χ3v) is 5.08.